The van der Waals surface area contributed by atoms with Crippen LogP contribution in [0.15, 0.2) is 30.3 Å². The van der Waals surface area contributed by atoms with Crippen molar-refractivity contribution in [1.29, 1.82) is 0 Å². The van der Waals surface area contributed by atoms with Crippen molar-refractivity contribution in [2.45, 2.75) is 57.5 Å². The van der Waals surface area contributed by atoms with Crippen LogP contribution >= 0.6 is 0 Å². The predicted octanol–water partition coefficient (Wildman–Crippen LogP) is 2.13. The highest BCUT2D eigenvalue weighted by atomic mass is 16.5. The lowest BCUT2D eigenvalue weighted by Crippen LogP contribution is -2.48. The van der Waals surface area contributed by atoms with E-state index in [1.54, 1.807) is 6.92 Å². The normalized spacial score (nSPS) is 23.9. The van der Waals surface area contributed by atoms with Crippen molar-refractivity contribution in [2.24, 2.45) is 5.92 Å². The van der Waals surface area contributed by atoms with E-state index >= 15 is 0 Å². The quantitative estimate of drug-likeness (QED) is 0.687. The minimum Gasteiger partial charge on any atom is -0.381 e. The molecule has 160 valence electrons. The molecule has 0 aliphatic carbocycles. The number of ether oxygens (including phenoxy) is 1. The Labute approximate surface area is 174 Å². The van der Waals surface area contributed by atoms with E-state index < -0.39 is 0 Å². The second-order valence-electron chi connectivity index (χ2n) is 8.35. The van der Waals surface area contributed by atoms with Crippen molar-refractivity contribution in [3.63, 3.8) is 0 Å². The average molecular weight is 402 g/mol. The van der Waals surface area contributed by atoms with Gasteiger partial charge in [0.05, 0.1) is 5.92 Å². The molecule has 0 bridgehead atoms. The summed E-state index contributed by atoms with van der Waals surface area (Å²) in [6.07, 6.45) is 5.58. The molecule has 2 fully saturated rings. The van der Waals surface area contributed by atoms with Gasteiger partial charge in [-0.3, -0.25) is 14.5 Å². The highest BCUT2D eigenvalue weighted by Gasteiger charge is 2.32. The second kappa shape index (κ2) is 11.3. The van der Waals surface area contributed by atoms with E-state index in [9.17, 15) is 9.59 Å². The van der Waals surface area contributed by atoms with Crippen LogP contribution < -0.4 is 10.6 Å². The summed E-state index contributed by atoms with van der Waals surface area (Å²) in [6, 6.07) is 10.9. The zero-order chi connectivity index (χ0) is 20.5. The summed E-state index contributed by atoms with van der Waals surface area (Å²) in [7, 11) is 0. The van der Waals surface area contributed by atoms with Gasteiger partial charge in [-0.1, -0.05) is 30.3 Å². The maximum Gasteiger partial charge on any atom is 0.224 e. The van der Waals surface area contributed by atoms with Crippen LogP contribution in [0.2, 0.25) is 0 Å². The third-order valence-corrected chi connectivity index (χ3v) is 6.04. The maximum absolute atomic E-state index is 12.9. The van der Waals surface area contributed by atoms with E-state index in [1.165, 1.54) is 5.56 Å². The minimum absolute atomic E-state index is 0.00532. The molecular weight excluding hydrogens is 366 g/mol. The number of hydrogen-bond acceptors (Lipinski definition) is 4. The molecule has 0 spiro atoms. The standard InChI is InChI=1S/C23H35N3O3/c1-18(27)25-21-10-9-20(16-26(17-21)22-11-14-29-15-12-22)23(28)24-13-5-8-19-6-3-2-4-7-19/h2-4,6-7,20-22H,5,8-17H2,1H3,(H,24,28)(H,25,27)/t20-,21+/m1/s1. The van der Waals surface area contributed by atoms with Gasteiger partial charge in [0.15, 0.2) is 0 Å². The van der Waals surface area contributed by atoms with Crippen LogP contribution in [0.1, 0.15) is 44.6 Å². The van der Waals surface area contributed by atoms with Crippen molar-refractivity contribution in [3.8, 4) is 0 Å². The molecule has 2 heterocycles. The maximum atomic E-state index is 12.9. The first-order chi connectivity index (χ1) is 14.1. The molecule has 6 heteroatoms. The smallest absolute Gasteiger partial charge is 0.224 e. The van der Waals surface area contributed by atoms with E-state index in [4.69, 9.17) is 4.74 Å². The van der Waals surface area contributed by atoms with Crippen molar-refractivity contribution in [1.82, 2.24) is 15.5 Å². The molecule has 3 rings (SSSR count). The molecule has 2 saturated heterocycles. The number of likely N-dealkylation sites (tertiary alicyclic amines) is 1. The van der Waals surface area contributed by atoms with Crippen molar-refractivity contribution < 1.29 is 14.3 Å². The highest BCUT2D eigenvalue weighted by Crippen LogP contribution is 2.23. The summed E-state index contributed by atoms with van der Waals surface area (Å²) < 4.78 is 5.51. The largest absolute Gasteiger partial charge is 0.381 e. The van der Waals surface area contributed by atoms with Crippen LogP contribution in [0.5, 0.6) is 0 Å². The molecule has 2 aliphatic heterocycles. The third kappa shape index (κ3) is 7.12. The van der Waals surface area contributed by atoms with E-state index in [0.717, 1.165) is 64.8 Å². The summed E-state index contributed by atoms with van der Waals surface area (Å²) in [5, 5.41) is 6.23. The Balaban J connectivity index is 1.52. The Bertz CT molecular complexity index is 646. The molecule has 0 radical (unpaired) electrons. The lowest BCUT2D eigenvalue weighted by Gasteiger charge is -2.36. The summed E-state index contributed by atoms with van der Waals surface area (Å²) in [4.78, 5) is 26.9. The van der Waals surface area contributed by atoms with Gasteiger partial charge >= 0.3 is 0 Å². The first-order valence-corrected chi connectivity index (χ1v) is 11.0. The monoisotopic (exact) mass is 401 g/mol. The number of benzene rings is 1. The molecule has 0 aromatic heterocycles. The lowest BCUT2D eigenvalue weighted by molar-refractivity contribution is -0.126. The van der Waals surface area contributed by atoms with Gasteiger partial charge in [0, 0.05) is 51.9 Å². The number of hydrogen-bond donors (Lipinski definition) is 2. The second-order valence-corrected chi connectivity index (χ2v) is 8.35. The third-order valence-electron chi connectivity index (χ3n) is 6.04. The Kier molecular flexibility index (Phi) is 8.50. The van der Waals surface area contributed by atoms with E-state index in [1.807, 2.05) is 6.07 Å². The summed E-state index contributed by atoms with van der Waals surface area (Å²) in [5.41, 5.74) is 1.31. The Morgan fingerprint density at radius 2 is 1.83 bits per heavy atom. The molecule has 29 heavy (non-hydrogen) atoms. The van der Waals surface area contributed by atoms with E-state index in [0.29, 0.717) is 12.6 Å². The Morgan fingerprint density at radius 3 is 2.55 bits per heavy atom. The van der Waals surface area contributed by atoms with E-state index in [-0.39, 0.29) is 23.8 Å². The Hall–Kier alpha value is -1.92. The zero-order valence-electron chi connectivity index (χ0n) is 17.6. The number of nitrogens with one attached hydrogen (secondary N) is 2. The first-order valence-electron chi connectivity index (χ1n) is 11.0. The predicted molar refractivity (Wildman–Crippen MR) is 114 cm³/mol. The number of carbonyl (C=O) groups excluding carboxylic acids is 2. The van der Waals surface area contributed by atoms with Crippen LogP contribution in [0, 0.1) is 5.92 Å². The molecule has 1 aromatic rings. The molecule has 1 aromatic carbocycles. The fraction of sp³-hybridized carbons (Fsp3) is 0.652. The number of carbonyl (C=O) groups is 2. The molecule has 0 unspecified atom stereocenters. The molecule has 0 saturated carbocycles. The lowest BCUT2D eigenvalue weighted by atomic mass is 10.00. The van der Waals surface area contributed by atoms with Crippen LogP contribution in [-0.2, 0) is 20.7 Å². The molecule has 2 aliphatic rings. The number of amides is 2. The fourth-order valence-corrected chi connectivity index (χ4v) is 4.49. The zero-order valence-corrected chi connectivity index (χ0v) is 17.6. The fourth-order valence-electron chi connectivity index (χ4n) is 4.49. The highest BCUT2D eigenvalue weighted by molar-refractivity contribution is 5.79. The molecule has 2 atom stereocenters. The van der Waals surface area contributed by atoms with Crippen LogP contribution in [0.25, 0.3) is 0 Å². The van der Waals surface area contributed by atoms with Crippen molar-refractivity contribution in [2.75, 3.05) is 32.8 Å². The van der Waals surface area contributed by atoms with Gasteiger partial charge in [-0.05, 0) is 44.1 Å². The first kappa shape index (κ1) is 21.8. The van der Waals surface area contributed by atoms with Gasteiger partial charge in [0.25, 0.3) is 0 Å². The van der Waals surface area contributed by atoms with Crippen molar-refractivity contribution in [3.05, 3.63) is 35.9 Å². The van der Waals surface area contributed by atoms with Gasteiger partial charge in [-0.15, -0.1) is 0 Å². The van der Waals surface area contributed by atoms with Crippen molar-refractivity contribution >= 4 is 11.8 Å². The minimum atomic E-state index is -0.0201. The number of nitrogens with zero attached hydrogens (tertiary/aromatic N) is 1. The topological polar surface area (TPSA) is 70.7 Å². The van der Waals surface area contributed by atoms with E-state index in [2.05, 4.69) is 39.8 Å². The average Bonchev–Trinajstić information content (AvgIpc) is 2.95. The van der Waals surface area contributed by atoms with Gasteiger partial charge in [-0.2, -0.15) is 0 Å². The van der Waals surface area contributed by atoms with Crippen LogP contribution in [-0.4, -0.2) is 61.6 Å². The summed E-state index contributed by atoms with van der Waals surface area (Å²) in [5.74, 6) is 0.137. The summed E-state index contributed by atoms with van der Waals surface area (Å²) >= 11 is 0. The molecule has 2 N–H and O–H groups in total. The number of aryl methyl sites for hydroxylation is 1. The molecule has 2 amide bonds. The van der Waals surface area contributed by atoms with Gasteiger partial charge in [0.2, 0.25) is 11.8 Å². The van der Waals surface area contributed by atoms with Gasteiger partial charge in [-0.25, -0.2) is 0 Å². The molecular formula is C23H35N3O3. The SMILES string of the molecule is CC(=O)N[C@H]1CC[C@@H](C(=O)NCCCc2ccccc2)CN(C2CCOCC2)C1. The molecule has 6 nitrogen and oxygen atoms in total. The summed E-state index contributed by atoms with van der Waals surface area (Å²) in [6.45, 7) is 5.43. The number of rotatable bonds is 7. The van der Waals surface area contributed by atoms with Crippen LogP contribution in [0.3, 0.4) is 0 Å². The van der Waals surface area contributed by atoms with Crippen LogP contribution in [0.4, 0.5) is 0 Å². The van der Waals surface area contributed by atoms with Gasteiger partial charge < -0.3 is 15.4 Å². The van der Waals surface area contributed by atoms with Gasteiger partial charge in [0.1, 0.15) is 0 Å². The Morgan fingerprint density at radius 1 is 1.07 bits per heavy atom.